The van der Waals surface area contributed by atoms with Gasteiger partial charge in [0.05, 0.1) is 0 Å². The van der Waals surface area contributed by atoms with Crippen molar-refractivity contribution in [3.63, 3.8) is 0 Å². The summed E-state index contributed by atoms with van der Waals surface area (Å²) in [6.45, 7) is 0.173. The summed E-state index contributed by atoms with van der Waals surface area (Å²) in [5.74, 6) is -19.3. The van der Waals surface area contributed by atoms with Crippen LogP contribution in [0.3, 0.4) is 0 Å². The second-order valence-electron chi connectivity index (χ2n) is 7.38. The van der Waals surface area contributed by atoms with E-state index in [0.717, 1.165) is 12.1 Å². The Kier molecular flexibility index (Phi) is 5.25. The van der Waals surface area contributed by atoms with Crippen LogP contribution in [-0.4, -0.2) is 104 Å². The third-order valence-corrected chi connectivity index (χ3v) is 5.15. The Morgan fingerprint density at radius 1 is 0.903 bits per heavy atom. The fraction of sp³-hybridized carbons (Fsp3) is 0.562. The predicted octanol–water partition coefficient (Wildman–Crippen LogP) is -6.26. The highest BCUT2D eigenvalue weighted by molar-refractivity contribution is 5.79. The summed E-state index contributed by atoms with van der Waals surface area (Å²) in [5, 5.41) is 109. The van der Waals surface area contributed by atoms with Gasteiger partial charge in [-0.25, -0.2) is 0 Å². The smallest absolute Gasteiger partial charge is 0.453 e. The molecule has 1 saturated carbocycles. The van der Waals surface area contributed by atoms with E-state index in [1.54, 1.807) is 0 Å². The molecule has 0 bridgehead atoms. The van der Waals surface area contributed by atoms with Gasteiger partial charge in [0.25, 0.3) is 23.1 Å². The van der Waals surface area contributed by atoms with E-state index in [0.29, 0.717) is 5.56 Å². The number of hydrogen-bond acceptors (Lipinski definition) is 14. The van der Waals surface area contributed by atoms with Crippen LogP contribution in [0.4, 0.5) is 0 Å². The molecule has 1 amide bonds. The number of aliphatic hydroxyl groups is 11. The van der Waals surface area contributed by atoms with Crippen molar-refractivity contribution < 1.29 is 70.4 Å². The van der Waals surface area contributed by atoms with Gasteiger partial charge in [0.15, 0.2) is 11.5 Å². The quantitative estimate of drug-likeness (QED) is 0.186. The Hall–Kier alpha value is -2.15. The number of ether oxygens (including phenoxy) is 2. The van der Waals surface area contributed by atoms with Crippen LogP contribution in [-0.2, 0) is 4.79 Å². The summed E-state index contributed by atoms with van der Waals surface area (Å²) in [6, 6.07) is 3.26. The van der Waals surface area contributed by atoms with Gasteiger partial charge in [-0.05, 0) is 17.7 Å². The van der Waals surface area contributed by atoms with Crippen molar-refractivity contribution >= 4 is 5.91 Å². The number of nitrogens with one attached hydrogen (secondary N) is 1. The molecule has 3 rings (SSSR count). The van der Waals surface area contributed by atoms with Crippen LogP contribution < -0.4 is 14.8 Å². The molecule has 15 nitrogen and oxygen atoms in total. The van der Waals surface area contributed by atoms with Crippen molar-refractivity contribution in [1.29, 1.82) is 0 Å². The molecule has 1 saturated heterocycles. The highest BCUT2D eigenvalue weighted by atomic mass is 16.9. The van der Waals surface area contributed by atoms with Gasteiger partial charge >= 0.3 is 6.16 Å². The van der Waals surface area contributed by atoms with Crippen LogP contribution in [0.25, 0.3) is 0 Å². The zero-order valence-electron chi connectivity index (χ0n) is 15.4. The molecule has 1 atom stereocenters. The van der Waals surface area contributed by atoms with E-state index in [-0.39, 0.29) is 18.9 Å². The minimum atomic E-state index is -4.36. The van der Waals surface area contributed by atoms with E-state index in [1.807, 2.05) is 0 Å². The molecule has 1 aliphatic carbocycles. The minimum absolute atomic E-state index is 0.0215. The molecule has 12 N–H and O–H groups in total. The van der Waals surface area contributed by atoms with Crippen LogP contribution >= 0.6 is 0 Å². The lowest BCUT2D eigenvalue weighted by atomic mass is 9.98. The predicted molar refractivity (Wildman–Crippen MR) is 89.9 cm³/mol. The van der Waals surface area contributed by atoms with Crippen molar-refractivity contribution in [1.82, 2.24) is 5.32 Å². The van der Waals surface area contributed by atoms with Crippen molar-refractivity contribution in [2.75, 3.05) is 6.54 Å². The zero-order valence-corrected chi connectivity index (χ0v) is 15.4. The second-order valence-corrected chi connectivity index (χ2v) is 7.38. The summed E-state index contributed by atoms with van der Waals surface area (Å²) >= 11 is 0. The normalized spacial score (nSPS) is 26.5. The molecule has 2 fully saturated rings. The lowest BCUT2D eigenvalue weighted by Gasteiger charge is -2.34. The largest absolute Gasteiger partial charge is 0.475 e. The van der Waals surface area contributed by atoms with Crippen molar-refractivity contribution in [2.24, 2.45) is 0 Å². The molecule has 0 aromatic heterocycles. The lowest BCUT2D eigenvalue weighted by Crippen LogP contribution is -2.66. The molecule has 15 heteroatoms. The molecule has 31 heavy (non-hydrogen) atoms. The highest BCUT2D eigenvalue weighted by Gasteiger charge is 2.85. The van der Waals surface area contributed by atoms with E-state index < -0.39 is 52.8 Å². The monoisotopic (exact) mass is 451 g/mol. The number of carbonyl (C=O) groups is 1. The van der Waals surface area contributed by atoms with Crippen LogP contribution in [0, 0.1) is 0 Å². The zero-order chi connectivity index (χ0) is 23.6. The van der Waals surface area contributed by atoms with Crippen LogP contribution in [0.1, 0.15) is 17.9 Å². The molecule has 0 radical (unpaired) electrons. The van der Waals surface area contributed by atoms with Crippen molar-refractivity contribution in [2.45, 2.75) is 47.8 Å². The van der Waals surface area contributed by atoms with Gasteiger partial charge in [-0.15, -0.1) is 0 Å². The van der Waals surface area contributed by atoms with Gasteiger partial charge in [-0.1, -0.05) is 6.07 Å². The van der Waals surface area contributed by atoms with E-state index >= 15 is 0 Å². The standard InChI is InChI=1S/C16H21NO14/c18-10-4-7(5-17-10)6-1-2-8(31-16(27,28)29)9(3-6)30-11-12(19,20)14(23,24)15(25,26)13(11,21)22/h1-3,7,11,19-29H,4-5H2,(H,17,18). The Morgan fingerprint density at radius 3 is 1.90 bits per heavy atom. The maximum Gasteiger partial charge on any atom is 0.453 e. The van der Waals surface area contributed by atoms with Crippen molar-refractivity contribution in [3.05, 3.63) is 23.8 Å². The molecule has 1 aliphatic heterocycles. The molecular weight excluding hydrogens is 430 g/mol. The summed E-state index contributed by atoms with van der Waals surface area (Å²) in [6.07, 6.45) is -6.77. The van der Waals surface area contributed by atoms with Gasteiger partial charge in [-0.3, -0.25) is 4.79 Å². The summed E-state index contributed by atoms with van der Waals surface area (Å²) in [5.41, 5.74) is 0.305. The first-order valence-electron chi connectivity index (χ1n) is 8.64. The minimum Gasteiger partial charge on any atom is -0.475 e. The first-order chi connectivity index (χ1) is 13.9. The average molecular weight is 451 g/mol. The molecule has 1 heterocycles. The van der Waals surface area contributed by atoms with E-state index in [9.17, 15) is 45.6 Å². The summed E-state index contributed by atoms with van der Waals surface area (Å²) in [4.78, 5) is 11.4. The van der Waals surface area contributed by atoms with Gasteiger partial charge in [0, 0.05) is 18.9 Å². The van der Waals surface area contributed by atoms with Gasteiger partial charge < -0.3 is 71.0 Å². The Labute approximate surface area is 172 Å². The van der Waals surface area contributed by atoms with E-state index in [4.69, 9.17) is 20.1 Å². The molecular formula is C16H21NO14. The number of carbonyl (C=O) groups excluding carboxylic acids is 1. The van der Waals surface area contributed by atoms with Crippen molar-refractivity contribution in [3.8, 4) is 11.5 Å². The fourth-order valence-electron chi connectivity index (χ4n) is 3.39. The third kappa shape index (κ3) is 3.60. The first kappa shape index (κ1) is 23.5. The maximum atomic E-state index is 11.4. The molecule has 1 aromatic carbocycles. The summed E-state index contributed by atoms with van der Waals surface area (Å²) in [7, 11) is 0. The van der Waals surface area contributed by atoms with Crippen LogP contribution in [0.2, 0.25) is 0 Å². The lowest BCUT2D eigenvalue weighted by molar-refractivity contribution is -0.452. The fourth-order valence-corrected chi connectivity index (χ4v) is 3.39. The van der Waals surface area contributed by atoms with Crippen LogP contribution in [0.15, 0.2) is 18.2 Å². The number of amides is 1. The van der Waals surface area contributed by atoms with E-state index in [1.165, 1.54) is 6.07 Å². The highest BCUT2D eigenvalue weighted by Crippen LogP contribution is 2.50. The average Bonchev–Trinajstić information content (AvgIpc) is 3.06. The maximum absolute atomic E-state index is 11.4. The van der Waals surface area contributed by atoms with Gasteiger partial charge in [0.2, 0.25) is 12.0 Å². The third-order valence-electron chi connectivity index (χ3n) is 5.15. The molecule has 1 unspecified atom stereocenters. The Balaban J connectivity index is 2.06. The molecule has 1 aromatic rings. The van der Waals surface area contributed by atoms with Gasteiger partial charge in [-0.2, -0.15) is 0 Å². The SMILES string of the molecule is O=C1CC(c2ccc(OC(O)(O)O)c(OC3C(O)(O)C(O)(O)C(O)(O)C3(O)O)c2)CN1. The molecule has 2 aliphatic rings. The molecule has 0 spiro atoms. The number of benzene rings is 1. The van der Waals surface area contributed by atoms with Crippen LogP contribution in [0.5, 0.6) is 11.5 Å². The first-order valence-corrected chi connectivity index (χ1v) is 8.64. The Bertz CT molecular complexity index is 848. The number of hydrogen-bond donors (Lipinski definition) is 12. The number of rotatable bonds is 5. The van der Waals surface area contributed by atoms with Gasteiger partial charge in [0.1, 0.15) is 0 Å². The topological polar surface area (TPSA) is 270 Å². The second kappa shape index (κ2) is 6.92. The molecule has 174 valence electrons. The Morgan fingerprint density at radius 2 is 1.45 bits per heavy atom. The van der Waals surface area contributed by atoms with E-state index in [2.05, 4.69) is 10.1 Å². The summed E-state index contributed by atoms with van der Waals surface area (Å²) < 4.78 is 9.38.